The van der Waals surface area contributed by atoms with Gasteiger partial charge in [0.1, 0.15) is 5.75 Å². The van der Waals surface area contributed by atoms with E-state index in [1.54, 1.807) is 0 Å². The number of anilines is 1. The van der Waals surface area contributed by atoms with E-state index >= 15 is 0 Å². The number of carboxylic acid groups (broad SMARTS) is 1. The molecule has 26 heavy (non-hydrogen) atoms. The summed E-state index contributed by atoms with van der Waals surface area (Å²) in [6.45, 7) is 0.657. The van der Waals surface area contributed by atoms with Gasteiger partial charge in [-0.15, -0.1) is 0 Å². The van der Waals surface area contributed by atoms with Crippen LogP contribution in [-0.2, 0) is 17.6 Å². The van der Waals surface area contributed by atoms with Crippen LogP contribution in [-0.4, -0.2) is 37.8 Å². The predicted octanol–water partition coefficient (Wildman–Crippen LogP) is 2.52. The molecule has 2 aromatic rings. The molecule has 0 aromatic heterocycles. The molecule has 1 aliphatic heterocycles. The Bertz CT molecular complexity index is 861. The minimum Gasteiger partial charge on any atom is -0.493 e. The van der Waals surface area contributed by atoms with Crippen LogP contribution in [0.25, 0.3) is 0 Å². The van der Waals surface area contributed by atoms with Crippen LogP contribution in [0.3, 0.4) is 0 Å². The first-order valence-corrected chi connectivity index (χ1v) is 8.05. The molecule has 2 aromatic carbocycles. The zero-order valence-electron chi connectivity index (χ0n) is 14.5. The second-order valence-electron chi connectivity index (χ2n) is 5.83. The average Bonchev–Trinajstić information content (AvgIpc) is 3.08. The first-order valence-electron chi connectivity index (χ1n) is 8.05. The average molecular weight is 357 g/mol. The number of hydrogen-bond donors (Lipinski definition) is 2. The summed E-state index contributed by atoms with van der Waals surface area (Å²) < 4.78 is 15.9. The van der Waals surface area contributed by atoms with E-state index in [-0.39, 0.29) is 35.1 Å². The van der Waals surface area contributed by atoms with Gasteiger partial charge < -0.3 is 24.6 Å². The highest BCUT2D eigenvalue weighted by molar-refractivity contribution is 5.97. The summed E-state index contributed by atoms with van der Waals surface area (Å²) in [4.78, 5) is 23.7. The van der Waals surface area contributed by atoms with Gasteiger partial charge in [0, 0.05) is 6.42 Å². The number of hydrogen-bond acceptors (Lipinski definition) is 5. The van der Waals surface area contributed by atoms with E-state index in [9.17, 15) is 14.7 Å². The lowest BCUT2D eigenvalue weighted by molar-refractivity contribution is -0.115. The lowest BCUT2D eigenvalue weighted by Crippen LogP contribution is -2.16. The Balaban J connectivity index is 1.82. The van der Waals surface area contributed by atoms with Crippen molar-refractivity contribution in [2.45, 2.75) is 12.8 Å². The SMILES string of the molecule is COc1cc(C(=O)O)cc(NC(=O)Cc2ccc3c(c2)CCO3)c1OC. The molecule has 0 fully saturated rings. The third kappa shape index (κ3) is 3.56. The van der Waals surface area contributed by atoms with Crippen LogP contribution >= 0.6 is 0 Å². The monoisotopic (exact) mass is 357 g/mol. The van der Waals surface area contributed by atoms with Crippen LogP contribution < -0.4 is 19.5 Å². The number of carboxylic acids is 1. The molecule has 7 heteroatoms. The van der Waals surface area contributed by atoms with Gasteiger partial charge in [-0.25, -0.2) is 4.79 Å². The smallest absolute Gasteiger partial charge is 0.335 e. The highest BCUT2D eigenvalue weighted by Crippen LogP contribution is 2.36. The molecule has 7 nitrogen and oxygen atoms in total. The van der Waals surface area contributed by atoms with E-state index < -0.39 is 5.97 Å². The fourth-order valence-electron chi connectivity index (χ4n) is 2.91. The van der Waals surface area contributed by atoms with Crippen molar-refractivity contribution in [2.75, 3.05) is 26.1 Å². The maximum absolute atomic E-state index is 12.4. The Morgan fingerprint density at radius 3 is 2.69 bits per heavy atom. The van der Waals surface area contributed by atoms with Crippen LogP contribution in [0.4, 0.5) is 5.69 Å². The zero-order chi connectivity index (χ0) is 18.7. The Morgan fingerprint density at radius 2 is 2.00 bits per heavy atom. The van der Waals surface area contributed by atoms with Crippen molar-refractivity contribution in [3.05, 3.63) is 47.0 Å². The van der Waals surface area contributed by atoms with Gasteiger partial charge in [-0.2, -0.15) is 0 Å². The maximum atomic E-state index is 12.4. The summed E-state index contributed by atoms with van der Waals surface area (Å²) >= 11 is 0. The standard InChI is InChI=1S/C19H19NO6/c1-24-16-10-13(19(22)23)9-14(18(16)25-2)20-17(21)8-11-3-4-15-12(7-11)5-6-26-15/h3-4,7,9-10H,5-6,8H2,1-2H3,(H,20,21)(H,22,23). The van der Waals surface area contributed by atoms with Gasteiger partial charge in [0.05, 0.1) is 38.5 Å². The molecule has 0 spiro atoms. The van der Waals surface area contributed by atoms with E-state index in [0.717, 1.165) is 23.3 Å². The van der Waals surface area contributed by atoms with E-state index in [4.69, 9.17) is 14.2 Å². The molecular formula is C19H19NO6. The highest BCUT2D eigenvalue weighted by Gasteiger charge is 2.18. The Kier molecular flexibility index (Phi) is 4.97. The first kappa shape index (κ1) is 17.6. The normalized spacial score (nSPS) is 12.1. The molecular weight excluding hydrogens is 338 g/mol. The number of amides is 1. The minimum absolute atomic E-state index is 0.00682. The number of carbonyl (C=O) groups is 2. The van der Waals surface area contributed by atoms with Crippen molar-refractivity contribution in [1.29, 1.82) is 0 Å². The van der Waals surface area contributed by atoms with Crippen molar-refractivity contribution < 1.29 is 28.9 Å². The Morgan fingerprint density at radius 1 is 1.19 bits per heavy atom. The molecule has 2 N–H and O–H groups in total. The molecule has 0 unspecified atom stereocenters. The second kappa shape index (κ2) is 7.35. The van der Waals surface area contributed by atoms with Crippen molar-refractivity contribution in [3.8, 4) is 17.2 Å². The van der Waals surface area contributed by atoms with Crippen molar-refractivity contribution >= 4 is 17.6 Å². The molecule has 3 rings (SSSR count). The van der Waals surface area contributed by atoms with Gasteiger partial charge in [-0.3, -0.25) is 4.79 Å². The third-order valence-electron chi connectivity index (χ3n) is 4.12. The van der Waals surface area contributed by atoms with Crippen LogP contribution in [0.2, 0.25) is 0 Å². The van der Waals surface area contributed by atoms with E-state index in [2.05, 4.69) is 5.32 Å². The fraction of sp³-hybridized carbons (Fsp3) is 0.263. The largest absolute Gasteiger partial charge is 0.493 e. The predicted molar refractivity (Wildman–Crippen MR) is 94.5 cm³/mol. The van der Waals surface area contributed by atoms with Gasteiger partial charge in [0.25, 0.3) is 0 Å². The summed E-state index contributed by atoms with van der Waals surface area (Å²) in [6, 6.07) is 8.34. The molecule has 1 amide bonds. The molecule has 0 aliphatic carbocycles. The topological polar surface area (TPSA) is 94.1 Å². The number of aromatic carboxylic acids is 1. The number of carbonyl (C=O) groups excluding carboxylic acids is 1. The van der Waals surface area contributed by atoms with E-state index in [1.807, 2.05) is 18.2 Å². The molecule has 1 heterocycles. The van der Waals surface area contributed by atoms with Gasteiger partial charge >= 0.3 is 5.97 Å². The van der Waals surface area contributed by atoms with Crippen LogP contribution in [0.5, 0.6) is 17.2 Å². The Labute approximate surface area is 150 Å². The Hall–Kier alpha value is -3.22. The van der Waals surface area contributed by atoms with Crippen molar-refractivity contribution in [1.82, 2.24) is 0 Å². The number of methoxy groups -OCH3 is 2. The van der Waals surface area contributed by atoms with Gasteiger partial charge in [0.15, 0.2) is 11.5 Å². The fourth-order valence-corrected chi connectivity index (χ4v) is 2.91. The molecule has 1 aliphatic rings. The molecule has 0 atom stereocenters. The van der Waals surface area contributed by atoms with Crippen LogP contribution in [0.15, 0.2) is 30.3 Å². The van der Waals surface area contributed by atoms with Crippen LogP contribution in [0, 0.1) is 0 Å². The van der Waals surface area contributed by atoms with Gasteiger partial charge in [-0.1, -0.05) is 12.1 Å². The molecule has 136 valence electrons. The number of nitrogens with one attached hydrogen (secondary N) is 1. The maximum Gasteiger partial charge on any atom is 0.335 e. The molecule has 0 saturated heterocycles. The minimum atomic E-state index is -1.12. The number of ether oxygens (including phenoxy) is 3. The third-order valence-corrected chi connectivity index (χ3v) is 4.12. The summed E-state index contributed by atoms with van der Waals surface area (Å²) in [5.74, 6) is -0.0489. The van der Waals surface area contributed by atoms with Gasteiger partial charge in [0.2, 0.25) is 5.91 Å². The quantitative estimate of drug-likeness (QED) is 0.825. The van der Waals surface area contributed by atoms with E-state index in [0.29, 0.717) is 6.61 Å². The molecule has 0 radical (unpaired) electrons. The summed E-state index contributed by atoms with van der Waals surface area (Å²) in [7, 11) is 2.83. The van der Waals surface area contributed by atoms with E-state index in [1.165, 1.54) is 26.4 Å². The summed E-state index contributed by atoms with van der Waals surface area (Å²) in [5.41, 5.74) is 2.18. The highest BCUT2D eigenvalue weighted by atomic mass is 16.5. The first-order chi connectivity index (χ1) is 12.5. The lowest BCUT2D eigenvalue weighted by Gasteiger charge is -2.15. The number of fused-ring (bicyclic) bond motifs is 1. The lowest BCUT2D eigenvalue weighted by atomic mass is 10.1. The van der Waals surface area contributed by atoms with Crippen LogP contribution in [0.1, 0.15) is 21.5 Å². The summed E-state index contributed by atoms with van der Waals surface area (Å²) in [5, 5.41) is 11.9. The van der Waals surface area contributed by atoms with Crippen molar-refractivity contribution in [2.24, 2.45) is 0 Å². The summed E-state index contributed by atoms with van der Waals surface area (Å²) in [6.07, 6.45) is 0.979. The second-order valence-corrected chi connectivity index (χ2v) is 5.83. The zero-order valence-corrected chi connectivity index (χ0v) is 14.5. The van der Waals surface area contributed by atoms with Gasteiger partial charge in [-0.05, 0) is 29.3 Å². The molecule has 0 saturated carbocycles. The number of rotatable bonds is 6. The number of benzene rings is 2. The van der Waals surface area contributed by atoms with Crippen molar-refractivity contribution in [3.63, 3.8) is 0 Å². The molecule has 0 bridgehead atoms.